The zero-order valence-electron chi connectivity index (χ0n) is 12.2. The van der Waals surface area contributed by atoms with Crippen LogP contribution in [0.25, 0.3) is 10.7 Å². The molecule has 0 atom stereocenters. The molecule has 0 spiro atoms. The largest absolute Gasteiger partial charge is 0.451 e. The van der Waals surface area contributed by atoms with E-state index in [1.54, 1.807) is 0 Å². The van der Waals surface area contributed by atoms with E-state index in [0.717, 1.165) is 16.9 Å². The number of hydrogen-bond donors (Lipinski definition) is 0. The quantitative estimate of drug-likeness (QED) is 0.658. The predicted molar refractivity (Wildman–Crippen MR) is 85.2 cm³/mol. The highest BCUT2D eigenvalue weighted by Crippen LogP contribution is 2.24. The average Bonchev–Trinajstić information content (AvgIpc) is 3.24. The van der Waals surface area contributed by atoms with Crippen molar-refractivity contribution in [2.24, 2.45) is 0 Å². The highest BCUT2D eigenvalue weighted by atomic mass is 32.1. The molecule has 22 heavy (non-hydrogen) atoms. The van der Waals surface area contributed by atoms with Crippen LogP contribution in [0.3, 0.4) is 0 Å². The summed E-state index contributed by atoms with van der Waals surface area (Å²) in [5.41, 5.74) is 1.12. The average molecular weight is 334 g/mol. The molecule has 3 aromatic rings. The van der Waals surface area contributed by atoms with Crippen LogP contribution in [0, 0.1) is 6.92 Å². The normalized spacial score (nSPS) is 10.8. The van der Waals surface area contributed by atoms with Gasteiger partial charge in [0, 0.05) is 4.88 Å². The Morgan fingerprint density at radius 1 is 1.45 bits per heavy atom. The minimum atomic E-state index is -0.358. The molecule has 3 aromatic heterocycles. The molecule has 0 saturated heterocycles. The summed E-state index contributed by atoms with van der Waals surface area (Å²) in [6, 6.07) is 5.68. The van der Waals surface area contributed by atoms with Crippen molar-refractivity contribution in [3.63, 3.8) is 0 Å². The molecule has 3 heterocycles. The number of esters is 1. The maximum absolute atomic E-state index is 12.0. The number of carbonyl (C=O) groups is 1. The standard InChI is InChI=1S/C15H14N2O3S2/c1-3-10-9(2)7-12(22-10)15(18)19-8-13-16-14(17-20-13)11-5-4-6-21-11/h4-7H,3,8H2,1-2H3. The Balaban J connectivity index is 1.63. The van der Waals surface area contributed by atoms with Gasteiger partial charge in [0.1, 0.15) is 4.88 Å². The lowest BCUT2D eigenvalue weighted by molar-refractivity contribution is 0.0435. The number of hydrogen-bond acceptors (Lipinski definition) is 7. The summed E-state index contributed by atoms with van der Waals surface area (Å²) < 4.78 is 10.3. The van der Waals surface area contributed by atoms with E-state index in [-0.39, 0.29) is 12.6 Å². The predicted octanol–water partition coefficient (Wildman–Crippen LogP) is 4.09. The molecule has 0 aliphatic heterocycles. The molecule has 0 fully saturated rings. The van der Waals surface area contributed by atoms with Gasteiger partial charge in [-0.2, -0.15) is 4.98 Å². The monoisotopic (exact) mass is 334 g/mol. The number of ether oxygens (including phenoxy) is 1. The van der Waals surface area contributed by atoms with E-state index in [4.69, 9.17) is 9.26 Å². The number of aryl methyl sites for hydroxylation is 2. The van der Waals surface area contributed by atoms with Crippen LogP contribution in [-0.4, -0.2) is 16.1 Å². The van der Waals surface area contributed by atoms with Crippen LogP contribution < -0.4 is 0 Å². The molecular weight excluding hydrogens is 320 g/mol. The Labute approximate surface area is 135 Å². The van der Waals surface area contributed by atoms with Crippen molar-refractivity contribution in [2.45, 2.75) is 26.9 Å². The Morgan fingerprint density at radius 3 is 3.00 bits per heavy atom. The molecule has 0 bridgehead atoms. The zero-order valence-corrected chi connectivity index (χ0v) is 13.8. The third-order valence-electron chi connectivity index (χ3n) is 3.08. The van der Waals surface area contributed by atoms with E-state index in [0.29, 0.717) is 16.6 Å². The van der Waals surface area contributed by atoms with Crippen molar-refractivity contribution < 1.29 is 14.1 Å². The second-order valence-electron chi connectivity index (χ2n) is 4.64. The summed E-state index contributed by atoms with van der Waals surface area (Å²) in [4.78, 5) is 19.0. The highest BCUT2D eigenvalue weighted by molar-refractivity contribution is 7.14. The molecule has 5 nitrogen and oxygen atoms in total. The molecule has 0 aromatic carbocycles. The molecule has 0 radical (unpaired) electrons. The van der Waals surface area contributed by atoms with E-state index < -0.39 is 0 Å². The van der Waals surface area contributed by atoms with Gasteiger partial charge >= 0.3 is 5.97 Å². The SMILES string of the molecule is CCc1sc(C(=O)OCc2nc(-c3cccs3)no2)cc1C. The fourth-order valence-electron chi connectivity index (χ4n) is 1.99. The van der Waals surface area contributed by atoms with E-state index in [2.05, 4.69) is 17.1 Å². The first-order valence-electron chi connectivity index (χ1n) is 6.80. The van der Waals surface area contributed by atoms with Gasteiger partial charge in [-0.25, -0.2) is 4.79 Å². The first-order valence-corrected chi connectivity index (χ1v) is 8.50. The second kappa shape index (κ2) is 6.41. The molecule has 114 valence electrons. The zero-order chi connectivity index (χ0) is 15.5. The van der Waals surface area contributed by atoms with Crippen molar-refractivity contribution in [1.29, 1.82) is 0 Å². The molecule has 0 aliphatic carbocycles. The highest BCUT2D eigenvalue weighted by Gasteiger charge is 2.15. The van der Waals surface area contributed by atoms with Gasteiger partial charge in [0.05, 0.1) is 4.88 Å². The molecule has 0 N–H and O–H groups in total. The van der Waals surface area contributed by atoms with Crippen LogP contribution in [0.15, 0.2) is 28.1 Å². The van der Waals surface area contributed by atoms with Crippen molar-refractivity contribution in [3.8, 4) is 10.7 Å². The first kappa shape index (κ1) is 14.9. The molecule has 0 unspecified atom stereocenters. The summed E-state index contributed by atoms with van der Waals surface area (Å²) in [6.45, 7) is 4.05. The number of aromatic nitrogens is 2. The van der Waals surface area contributed by atoms with Gasteiger partial charge in [-0.1, -0.05) is 18.1 Å². The topological polar surface area (TPSA) is 65.2 Å². The van der Waals surface area contributed by atoms with Gasteiger partial charge < -0.3 is 9.26 Å². The summed E-state index contributed by atoms with van der Waals surface area (Å²) in [5, 5.41) is 5.82. The molecular formula is C15H14N2O3S2. The van der Waals surface area contributed by atoms with Crippen LogP contribution >= 0.6 is 22.7 Å². The van der Waals surface area contributed by atoms with E-state index in [1.165, 1.54) is 27.6 Å². The fraction of sp³-hybridized carbons (Fsp3) is 0.267. The first-order chi connectivity index (χ1) is 10.7. The van der Waals surface area contributed by atoms with Gasteiger partial charge in [-0.3, -0.25) is 0 Å². The van der Waals surface area contributed by atoms with Crippen LogP contribution in [0.5, 0.6) is 0 Å². The third kappa shape index (κ3) is 3.10. The van der Waals surface area contributed by atoms with Crippen LogP contribution in [-0.2, 0) is 17.8 Å². The summed E-state index contributed by atoms with van der Waals surface area (Å²) in [5.74, 6) is 0.450. The van der Waals surface area contributed by atoms with Gasteiger partial charge in [-0.15, -0.1) is 22.7 Å². The van der Waals surface area contributed by atoms with Crippen LogP contribution in [0.2, 0.25) is 0 Å². The third-order valence-corrected chi connectivity index (χ3v) is 5.31. The van der Waals surface area contributed by atoms with Gasteiger partial charge in [0.2, 0.25) is 5.82 Å². The lowest BCUT2D eigenvalue weighted by atomic mass is 10.2. The number of thiophene rings is 2. The molecule has 7 heteroatoms. The van der Waals surface area contributed by atoms with Crippen LogP contribution in [0.1, 0.15) is 32.9 Å². The summed E-state index contributed by atoms with van der Waals surface area (Å²) in [7, 11) is 0. The molecule has 0 aliphatic rings. The number of rotatable bonds is 5. The fourth-order valence-corrected chi connectivity index (χ4v) is 3.65. The van der Waals surface area contributed by atoms with Crippen molar-refractivity contribution >= 4 is 28.6 Å². The Bertz CT molecular complexity index is 775. The minimum Gasteiger partial charge on any atom is -0.451 e. The maximum Gasteiger partial charge on any atom is 0.348 e. The van der Waals surface area contributed by atoms with Gasteiger partial charge in [-0.05, 0) is 36.4 Å². The van der Waals surface area contributed by atoms with E-state index >= 15 is 0 Å². The number of carbonyl (C=O) groups excluding carboxylic acids is 1. The van der Waals surface area contributed by atoms with Crippen molar-refractivity contribution in [3.05, 3.63) is 44.8 Å². The smallest absolute Gasteiger partial charge is 0.348 e. The Morgan fingerprint density at radius 2 is 2.32 bits per heavy atom. The van der Waals surface area contributed by atoms with Gasteiger partial charge in [0.15, 0.2) is 6.61 Å². The Kier molecular flexibility index (Phi) is 4.35. The number of nitrogens with zero attached hydrogens (tertiary/aromatic N) is 2. The maximum atomic E-state index is 12.0. The summed E-state index contributed by atoms with van der Waals surface area (Å²) in [6.07, 6.45) is 0.914. The van der Waals surface area contributed by atoms with E-state index in [1.807, 2.05) is 30.5 Å². The molecule has 0 amide bonds. The molecule has 3 rings (SSSR count). The lowest BCUT2D eigenvalue weighted by Gasteiger charge is -1.98. The van der Waals surface area contributed by atoms with Crippen molar-refractivity contribution in [2.75, 3.05) is 0 Å². The molecule has 0 saturated carbocycles. The second-order valence-corrected chi connectivity index (χ2v) is 6.72. The van der Waals surface area contributed by atoms with Crippen LogP contribution in [0.4, 0.5) is 0 Å². The Hall–Kier alpha value is -1.99. The lowest BCUT2D eigenvalue weighted by Crippen LogP contribution is -2.03. The van der Waals surface area contributed by atoms with Gasteiger partial charge in [0.25, 0.3) is 5.89 Å². The summed E-state index contributed by atoms with van der Waals surface area (Å²) >= 11 is 2.99. The van der Waals surface area contributed by atoms with Crippen molar-refractivity contribution in [1.82, 2.24) is 10.1 Å². The minimum absolute atomic E-state index is 0.0182. The van der Waals surface area contributed by atoms with E-state index in [9.17, 15) is 4.79 Å².